The van der Waals surface area contributed by atoms with Crippen LogP contribution in [-0.4, -0.2) is 12.3 Å². The van der Waals surface area contributed by atoms with Crippen LogP contribution in [0, 0.1) is 11.6 Å². The van der Waals surface area contributed by atoms with E-state index in [1.165, 1.54) is 6.07 Å². The predicted octanol–water partition coefficient (Wildman–Crippen LogP) is 2.28. The molecule has 2 N–H and O–H groups in total. The summed E-state index contributed by atoms with van der Waals surface area (Å²) in [5.74, 6) is -2.10. The van der Waals surface area contributed by atoms with E-state index < -0.39 is 11.6 Å². The molecule has 15 heavy (non-hydrogen) atoms. The largest absolute Gasteiger partial charge is 0.330 e. The first-order valence-electron chi connectivity index (χ1n) is 4.83. The molecule has 1 rings (SSSR count). The monoisotopic (exact) mass is 213 g/mol. The normalized spacial score (nSPS) is 10.3. The summed E-state index contributed by atoms with van der Waals surface area (Å²) in [6.45, 7) is 0.533. The number of carbonyl (C=O) groups excluding carboxylic acids is 1. The maximum Gasteiger partial charge on any atom is 0.162 e. The lowest BCUT2D eigenvalue weighted by Crippen LogP contribution is -2.03. The lowest BCUT2D eigenvalue weighted by molar-refractivity contribution is 0.0979. The summed E-state index contributed by atoms with van der Waals surface area (Å²) in [5, 5.41) is 0. The van der Waals surface area contributed by atoms with Crippen molar-refractivity contribution >= 4 is 5.78 Å². The van der Waals surface area contributed by atoms with E-state index in [0.29, 0.717) is 19.4 Å². The SMILES string of the molecule is NCCCCC(=O)c1ccc(F)c(F)c1. The van der Waals surface area contributed by atoms with Crippen molar-refractivity contribution in [2.75, 3.05) is 6.54 Å². The third-order valence-electron chi connectivity index (χ3n) is 2.10. The highest BCUT2D eigenvalue weighted by atomic mass is 19.2. The van der Waals surface area contributed by atoms with Gasteiger partial charge in [0.25, 0.3) is 0 Å². The Labute approximate surface area is 87.1 Å². The first-order valence-corrected chi connectivity index (χ1v) is 4.83. The number of nitrogens with two attached hydrogens (primary N) is 1. The molecule has 0 atom stereocenters. The van der Waals surface area contributed by atoms with Crippen molar-refractivity contribution in [3.63, 3.8) is 0 Å². The maximum absolute atomic E-state index is 12.8. The lowest BCUT2D eigenvalue weighted by atomic mass is 10.1. The molecule has 0 aliphatic heterocycles. The van der Waals surface area contributed by atoms with Gasteiger partial charge in [-0.05, 0) is 37.6 Å². The van der Waals surface area contributed by atoms with E-state index in [4.69, 9.17) is 5.73 Å². The molecule has 0 heterocycles. The number of unbranched alkanes of at least 4 members (excludes halogenated alkanes) is 1. The highest BCUT2D eigenvalue weighted by Gasteiger charge is 2.08. The molecule has 4 heteroatoms. The van der Waals surface area contributed by atoms with Crippen LogP contribution in [0.3, 0.4) is 0 Å². The number of hydrogen-bond donors (Lipinski definition) is 1. The van der Waals surface area contributed by atoms with Gasteiger partial charge in [-0.3, -0.25) is 4.79 Å². The molecular formula is C11H13F2NO. The molecule has 0 bridgehead atoms. The molecule has 0 aliphatic carbocycles. The molecule has 82 valence electrons. The highest BCUT2D eigenvalue weighted by molar-refractivity contribution is 5.95. The van der Waals surface area contributed by atoms with Crippen LogP contribution in [0.15, 0.2) is 18.2 Å². The molecule has 2 nitrogen and oxygen atoms in total. The molecule has 0 aliphatic rings. The summed E-state index contributed by atoms with van der Waals surface area (Å²) < 4.78 is 25.3. The van der Waals surface area contributed by atoms with Gasteiger partial charge in [0.2, 0.25) is 0 Å². The van der Waals surface area contributed by atoms with Crippen LogP contribution in [0.4, 0.5) is 8.78 Å². The zero-order valence-corrected chi connectivity index (χ0v) is 8.30. The summed E-state index contributed by atoms with van der Waals surface area (Å²) >= 11 is 0. The van der Waals surface area contributed by atoms with Crippen LogP contribution < -0.4 is 5.73 Å². The number of hydrogen-bond acceptors (Lipinski definition) is 2. The van der Waals surface area contributed by atoms with E-state index in [2.05, 4.69) is 0 Å². The Bertz CT molecular complexity index is 352. The zero-order chi connectivity index (χ0) is 11.3. The van der Waals surface area contributed by atoms with Crippen molar-refractivity contribution in [1.29, 1.82) is 0 Å². The van der Waals surface area contributed by atoms with Gasteiger partial charge in [-0.25, -0.2) is 8.78 Å². The van der Waals surface area contributed by atoms with Crippen molar-refractivity contribution in [2.24, 2.45) is 5.73 Å². The maximum atomic E-state index is 12.8. The van der Waals surface area contributed by atoms with E-state index in [1.54, 1.807) is 0 Å². The quantitative estimate of drug-likeness (QED) is 0.602. The smallest absolute Gasteiger partial charge is 0.162 e. The second kappa shape index (κ2) is 5.56. The van der Waals surface area contributed by atoms with E-state index in [9.17, 15) is 13.6 Å². The van der Waals surface area contributed by atoms with Gasteiger partial charge in [-0.1, -0.05) is 0 Å². The number of Topliss-reactive ketones (excluding diaryl/α,β-unsaturated/α-hetero) is 1. The Kier molecular flexibility index (Phi) is 4.37. The van der Waals surface area contributed by atoms with Gasteiger partial charge in [0.15, 0.2) is 17.4 Å². The van der Waals surface area contributed by atoms with Gasteiger partial charge in [-0.2, -0.15) is 0 Å². The molecule has 0 amide bonds. The zero-order valence-electron chi connectivity index (χ0n) is 8.30. The molecule has 0 unspecified atom stereocenters. The molecule has 0 radical (unpaired) electrons. The molecule has 1 aromatic rings. The van der Waals surface area contributed by atoms with Crippen LogP contribution in [0.5, 0.6) is 0 Å². The highest BCUT2D eigenvalue weighted by Crippen LogP contribution is 2.11. The van der Waals surface area contributed by atoms with Crippen molar-refractivity contribution in [3.05, 3.63) is 35.4 Å². The summed E-state index contributed by atoms with van der Waals surface area (Å²) in [7, 11) is 0. The van der Waals surface area contributed by atoms with E-state index in [-0.39, 0.29) is 11.3 Å². The first-order chi connectivity index (χ1) is 7.15. The Morgan fingerprint density at radius 2 is 1.93 bits per heavy atom. The van der Waals surface area contributed by atoms with Gasteiger partial charge < -0.3 is 5.73 Å². The van der Waals surface area contributed by atoms with Crippen LogP contribution in [-0.2, 0) is 0 Å². The van der Waals surface area contributed by atoms with Crippen LogP contribution in [0.25, 0.3) is 0 Å². The second-order valence-electron chi connectivity index (χ2n) is 3.30. The minimum Gasteiger partial charge on any atom is -0.330 e. The van der Waals surface area contributed by atoms with Crippen LogP contribution >= 0.6 is 0 Å². The summed E-state index contributed by atoms with van der Waals surface area (Å²) in [4.78, 5) is 11.5. The number of halogens is 2. The predicted molar refractivity (Wildman–Crippen MR) is 53.6 cm³/mol. The fourth-order valence-electron chi connectivity index (χ4n) is 1.24. The fraction of sp³-hybridized carbons (Fsp3) is 0.364. The number of rotatable bonds is 5. The molecule has 0 saturated heterocycles. The van der Waals surface area contributed by atoms with Gasteiger partial charge >= 0.3 is 0 Å². The molecular weight excluding hydrogens is 200 g/mol. The van der Waals surface area contributed by atoms with Crippen molar-refractivity contribution < 1.29 is 13.6 Å². The molecule has 0 spiro atoms. The summed E-state index contributed by atoms with van der Waals surface area (Å²) in [6.07, 6.45) is 1.76. The van der Waals surface area contributed by atoms with E-state index in [1.807, 2.05) is 0 Å². The Morgan fingerprint density at radius 3 is 2.53 bits per heavy atom. The Morgan fingerprint density at radius 1 is 1.20 bits per heavy atom. The van der Waals surface area contributed by atoms with E-state index >= 15 is 0 Å². The fourth-order valence-corrected chi connectivity index (χ4v) is 1.24. The number of carbonyl (C=O) groups is 1. The average molecular weight is 213 g/mol. The van der Waals surface area contributed by atoms with Gasteiger partial charge in [0, 0.05) is 12.0 Å². The Hall–Kier alpha value is -1.29. The average Bonchev–Trinajstić information content (AvgIpc) is 2.22. The molecule has 0 aromatic heterocycles. The molecule has 1 aromatic carbocycles. The summed E-state index contributed by atoms with van der Waals surface area (Å²) in [6, 6.07) is 3.19. The number of ketones is 1. The van der Waals surface area contributed by atoms with Gasteiger partial charge in [0.05, 0.1) is 0 Å². The van der Waals surface area contributed by atoms with Crippen molar-refractivity contribution in [1.82, 2.24) is 0 Å². The van der Waals surface area contributed by atoms with Crippen LogP contribution in [0.1, 0.15) is 29.6 Å². The molecule has 0 fully saturated rings. The van der Waals surface area contributed by atoms with E-state index in [0.717, 1.165) is 18.6 Å². The standard InChI is InChI=1S/C11H13F2NO/c12-9-5-4-8(7-10(9)13)11(15)3-1-2-6-14/h4-5,7H,1-3,6,14H2. The lowest BCUT2D eigenvalue weighted by Gasteiger charge is -2.01. The third-order valence-corrected chi connectivity index (χ3v) is 2.10. The van der Waals surface area contributed by atoms with Crippen molar-refractivity contribution in [3.8, 4) is 0 Å². The first kappa shape index (κ1) is 11.8. The Balaban J connectivity index is 2.62. The summed E-state index contributed by atoms with van der Waals surface area (Å²) in [5.41, 5.74) is 5.49. The second-order valence-corrected chi connectivity index (χ2v) is 3.30. The van der Waals surface area contributed by atoms with Crippen molar-refractivity contribution in [2.45, 2.75) is 19.3 Å². The van der Waals surface area contributed by atoms with Crippen LogP contribution in [0.2, 0.25) is 0 Å². The minimum absolute atomic E-state index is 0.178. The topological polar surface area (TPSA) is 43.1 Å². The molecule has 0 saturated carbocycles. The minimum atomic E-state index is -0.986. The van der Waals surface area contributed by atoms with Gasteiger partial charge in [-0.15, -0.1) is 0 Å². The third kappa shape index (κ3) is 3.40. The van der Waals surface area contributed by atoms with Gasteiger partial charge in [0.1, 0.15) is 0 Å². The number of benzene rings is 1.